The largest absolute Gasteiger partial charge is 0.354 e. The molecular formula is C21H19FN6O. The van der Waals surface area contributed by atoms with Crippen LogP contribution in [0.2, 0.25) is 0 Å². The summed E-state index contributed by atoms with van der Waals surface area (Å²) in [7, 11) is 0. The Bertz CT molecular complexity index is 1200. The molecule has 1 aliphatic heterocycles. The second-order valence-electron chi connectivity index (χ2n) is 7.11. The minimum Gasteiger partial charge on any atom is -0.354 e. The molecular weight excluding hydrogens is 371 g/mol. The molecule has 4 aromatic rings. The van der Waals surface area contributed by atoms with Crippen LogP contribution in [0.25, 0.3) is 27.9 Å². The van der Waals surface area contributed by atoms with Crippen LogP contribution in [0.15, 0.2) is 48.5 Å². The maximum absolute atomic E-state index is 13.3. The van der Waals surface area contributed by atoms with Gasteiger partial charge in [0.15, 0.2) is 11.5 Å². The number of amides is 1. The van der Waals surface area contributed by atoms with Crippen LogP contribution in [-0.4, -0.2) is 38.1 Å². The first kappa shape index (κ1) is 17.5. The fraction of sp³-hybridized carbons (Fsp3) is 0.238. The summed E-state index contributed by atoms with van der Waals surface area (Å²) < 4.78 is 14.9. The Morgan fingerprint density at radius 1 is 1.07 bits per heavy atom. The number of carbonyl (C=O) groups is 1. The number of hydrogen-bond acceptors (Lipinski definition) is 5. The van der Waals surface area contributed by atoms with E-state index >= 15 is 0 Å². The first-order chi connectivity index (χ1) is 14.2. The average molecular weight is 390 g/mol. The van der Waals surface area contributed by atoms with Gasteiger partial charge < -0.3 is 10.6 Å². The molecule has 146 valence electrons. The third-order valence-corrected chi connectivity index (χ3v) is 5.12. The third-order valence-electron chi connectivity index (χ3n) is 5.12. The smallest absolute Gasteiger partial charge is 0.242 e. The van der Waals surface area contributed by atoms with Gasteiger partial charge in [-0.1, -0.05) is 12.1 Å². The van der Waals surface area contributed by atoms with Crippen LogP contribution in [0, 0.1) is 5.82 Å². The highest BCUT2D eigenvalue weighted by Crippen LogP contribution is 2.25. The number of halogens is 1. The van der Waals surface area contributed by atoms with Gasteiger partial charge in [-0.25, -0.2) is 14.4 Å². The summed E-state index contributed by atoms with van der Waals surface area (Å²) >= 11 is 0. The van der Waals surface area contributed by atoms with Crippen LogP contribution in [0.1, 0.15) is 19.3 Å². The number of carbonyl (C=O) groups excluding carboxylic acids is 1. The molecule has 1 fully saturated rings. The first-order valence-electron chi connectivity index (χ1n) is 9.65. The molecule has 2 aromatic heterocycles. The monoisotopic (exact) mass is 390 g/mol. The van der Waals surface area contributed by atoms with E-state index in [1.165, 1.54) is 12.1 Å². The van der Waals surface area contributed by atoms with E-state index in [0.717, 1.165) is 30.2 Å². The van der Waals surface area contributed by atoms with Crippen molar-refractivity contribution in [1.82, 2.24) is 24.9 Å². The predicted molar refractivity (Wildman–Crippen MR) is 108 cm³/mol. The lowest BCUT2D eigenvalue weighted by atomic mass is 10.1. The number of fused-ring (bicyclic) bond motifs is 3. The standard InChI is InChI=1S/C21H19FN6O/c22-14-10-8-13(9-11-14)18-26-19-15-5-1-2-6-16(15)24-21(28(19)27-18)25-17-7-3-4-12-23-20(17)29/h1-2,5-6,8-11,17H,3-4,7,12H2,(H,23,29)(H,24,25)/t17-/m1/s1. The van der Waals surface area contributed by atoms with Crippen molar-refractivity contribution in [1.29, 1.82) is 0 Å². The molecule has 2 aromatic carbocycles. The topological polar surface area (TPSA) is 84.2 Å². The van der Waals surface area contributed by atoms with Crippen molar-refractivity contribution >= 4 is 28.4 Å². The van der Waals surface area contributed by atoms with Crippen LogP contribution in [0.3, 0.4) is 0 Å². The first-order valence-corrected chi connectivity index (χ1v) is 9.65. The highest BCUT2D eigenvalue weighted by Gasteiger charge is 2.23. The van der Waals surface area contributed by atoms with Crippen molar-refractivity contribution in [3.63, 3.8) is 0 Å². The summed E-state index contributed by atoms with van der Waals surface area (Å²) in [6, 6.07) is 13.3. The number of benzene rings is 2. The normalized spacial score (nSPS) is 17.3. The molecule has 5 rings (SSSR count). The second kappa shape index (κ2) is 7.12. The van der Waals surface area contributed by atoms with Crippen LogP contribution in [0.5, 0.6) is 0 Å². The van der Waals surface area contributed by atoms with E-state index in [9.17, 15) is 9.18 Å². The fourth-order valence-electron chi connectivity index (χ4n) is 3.60. The van der Waals surface area contributed by atoms with Gasteiger partial charge in [-0.3, -0.25) is 4.79 Å². The van der Waals surface area contributed by atoms with Crippen LogP contribution in [-0.2, 0) is 4.79 Å². The molecule has 29 heavy (non-hydrogen) atoms. The Kier molecular flexibility index (Phi) is 4.31. The number of hydrogen-bond donors (Lipinski definition) is 2. The summed E-state index contributed by atoms with van der Waals surface area (Å²) in [4.78, 5) is 21.8. The van der Waals surface area contributed by atoms with Gasteiger partial charge in [-0.2, -0.15) is 4.52 Å². The Morgan fingerprint density at radius 3 is 2.76 bits per heavy atom. The van der Waals surface area contributed by atoms with Crippen LogP contribution in [0.4, 0.5) is 10.3 Å². The molecule has 0 unspecified atom stereocenters. The summed E-state index contributed by atoms with van der Waals surface area (Å²) in [5, 5.41) is 11.6. The molecule has 0 radical (unpaired) electrons. The number of nitrogens with zero attached hydrogens (tertiary/aromatic N) is 4. The minimum atomic E-state index is -0.382. The lowest BCUT2D eigenvalue weighted by Gasteiger charge is -2.16. The van der Waals surface area contributed by atoms with E-state index in [2.05, 4.69) is 20.7 Å². The number of anilines is 1. The molecule has 8 heteroatoms. The zero-order valence-corrected chi connectivity index (χ0v) is 15.6. The maximum atomic E-state index is 13.3. The van der Waals surface area contributed by atoms with Gasteiger partial charge in [-0.05, 0) is 55.7 Å². The summed E-state index contributed by atoms with van der Waals surface area (Å²) in [5.74, 6) is 0.578. The summed E-state index contributed by atoms with van der Waals surface area (Å²) in [6.45, 7) is 0.690. The molecule has 3 heterocycles. The number of nitrogens with one attached hydrogen (secondary N) is 2. The van der Waals surface area contributed by atoms with E-state index < -0.39 is 0 Å². The molecule has 1 amide bonds. The lowest BCUT2D eigenvalue weighted by Crippen LogP contribution is -2.38. The second-order valence-corrected chi connectivity index (χ2v) is 7.11. The van der Waals surface area contributed by atoms with Crippen molar-refractivity contribution in [3.05, 3.63) is 54.3 Å². The van der Waals surface area contributed by atoms with Crippen LogP contribution < -0.4 is 10.6 Å². The number of rotatable bonds is 3. The van der Waals surface area contributed by atoms with E-state index in [4.69, 9.17) is 4.98 Å². The van der Waals surface area contributed by atoms with Gasteiger partial charge in [0.25, 0.3) is 0 Å². The predicted octanol–water partition coefficient (Wildman–Crippen LogP) is 3.16. The maximum Gasteiger partial charge on any atom is 0.242 e. The van der Waals surface area contributed by atoms with Gasteiger partial charge in [-0.15, -0.1) is 5.10 Å². The molecule has 7 nitrogen and oxygen atoms in total. The third kappa shape index (κ3) is 3.26. The Hall–Kier alpha value is -3.55. The Morgan fingerprint density at radius 2 is 1.90 bits per heavy atom. The number of aromatic nitrogens is 4. The van der Waals surface area contributed by atoms with Crippen molar-refractivity contribution < 1.29 is 9.18 Å². The van der Waals surface area contributed by atoms with E-state index in [-0.39, 0.29) is 17.8 Å². The molecule has 0 aliphatic carbocycles. The molecule has 0 saturated carbocycles. The fourth-order valence-corrected chi connectivity index (χ4v) is 3.60. The zero-order chi connectivity index (χ0) is 19.8. The molecule has 0 bridgehead atoms. The number of para-hydroxylation sites is 1. The van der Waals surface area contributed by atoms with Gasteiger partial charge in [0.2, 0.25) is 11.9 Å². The van der Waals surface area contributed by atoms with Gasteiger partial charge in [0.05, 0.1) is 5.52 Å². The molecule has 1 saturated heterocycles. The van der Waals surface area contributed by atoms with Gasteiger partial charge >= 0.3 is 0 Å². The summed E-state index contributed by atoms with van der Waals surface area (Å²) in [6.07, 6.45) is 2.63. The highest BCUT2D eigenvalue weighted by molar-refractivity contribution is 5.93. The van der Waals surface area contributed by atoms with Crippen molar-refractivity contribution in [2.45, 2.75) is 25.3 Å². The quantitative estimate of drug-likeness (QED) is 0.561. The molecule has 2 N–H and O–H groups in total. The van der Waals surface area contributed by atoms with E-state index in [1.807, 2.05) is 24.3 Å². The minimum absolute atomic E-state index is 0.0375. The highest BCUT2D eigenvalue weighted by atomic mass is 19.1. The molecule has 1 aliphatic rings. The van der Waals surface area contributed by atoms with Crippen molar-refractivity contribution in [2.24, 2.45) is 0 Å². The van der Waals surface area contributed by atoms with Crippen molar-refractivity contribution in [3.8, 4) is 11.4 Å². The van der Waals surface area contributed by atoms with Gasteiger partial charge in [0, 0.05) is 17.5 Å². The Labute approximate surface area is 166 Å². The Balaban J connectivity index is 1.65. The lowest BCUT2D eigenvalue weighted by molar-refractivity contribution is -0.121. The SMILES string of the molecule is O=C1NCCCC[C@H]1Nc1nc2ccccc2c2nc(-c3ccc(F)cc3)nn12. The van der Waals surface area contributed by atoms with E-state index in [1.54, 1.807) is 16.6 Å². The van der Waals surface area contributed by atoms with Gasteiger partial charge in [0.1, 0.15) is 11.9 Å². The van der Waals surface area contributed by atoms with Crippen LogP contribution >= 0.6 is 0 Å². The molecule has 1 atom stereocenters. The van der Waals surface area contributed by atoms with Crippen molar-refractivity contribution in [2.75, 3.05) is 11.9 Å². The summed E-state index contributed by atoms with van der Waals surface area (Å²) in [5.41, 5.74) is 2.10. The zero-order valence-electron chi connectivity index (χ0n) is 15.6. The van der Waals surface area contributed by atoms with E-state index in [0.29, 0.717) is 29.5 Å². The molecule has 0 spiro atoms. The average Bonchev–Trinajstić information content (AvgIpc) is 3.09.